The van der Waals surface area contributed by atoms with Crippen molar-refractivity contribution in [2.75, 3.05) is 95.8 Å². The van der Waals surface area contributed by atoms with Crippen molar-refractivity contribution in [2.24, 2.45) is 0 Å². The molecular formula is C47H69N6S2+3. The van der Waals surface area contributed by atoms with Gasteiger partial charge in [-0.1, -0.05) is 45.9 Å². The van der Waals surface area contributed by atoms with Crippen molar-refractivity contribution in [2.45, 2.75) is 52.6 Å². The van der Waals surface area contributed by atoms with Gasteiger partial charge in [0.05, 0.1) is 27.2 Å². The second kappa shape index (κ2) is 24.2. The van der Waals surface area contributed by atoms with Crippen LogP contribution in [0.2, 0.25) is 0 Å². The monoisotopic (exact) mass is 782 g/mol. The molecule has 0 N–H and O–H groups in total. The summed E-state index contributed by atoms with van der Waals surface area (Å²) in [4.78, 5) is 7.27. The lowest BCUT2D eigenvalue weighted by Crippen LogP contribution is -2.42. The molecule has 0 aliphatic rings. The van der Waals surface area contributed by atoms with E-state index in [1.807, 2.05) is 0 Å². The fraction of sp³-hybridized carbons (Fsp3) is 0.447. The largest absolute Gasteiger partial charge is 0.375 e. The van der Waals surface area contributed by atoms with E-state index >= 15 is 0 Å². The van der Waals surface area contributed by atoms with Crippen molar-refractivity contribution in [3.63, 3.8) is 0 Å². The van der Waals surface area contributed by atoms with Crippen molar-refractivity contribution in [1.82, 2.24) is 4.90 Å². The molecular weight excluding hydrogens is 713 g/mol. The van der Waals surface area contributed by atoms with Crippen LogP contribution in [0, 0.1) is 0 Å². The molecule has 8 heteroatoms. The zero-order chi connectivity index (χ0) is 39.3. The highest BCUT2D eigenvalue weighted by Crippen LogP contribution is 2.23. The molecule has 4 aromatic rings. The first kappa shape index (κ1) is 44.2. The molecule has 0 saturated carbocycles. The maximum Gasteiger partial charge on any atom is 0.205 e. The molecule has 0 bridgehead atoms. The van der Waals surface area contributed by atoms with E-state index in [-0.39, 0.29) is 0 Å². The molecule has 0 fully saturated rings. The van der Waals surface area contributed by atoms with Crippen molar-refractivity contribution >= 4 is 57.3 Å². The van der Waals surface area contributed by atoms with Crippen LogP contribution in [0.1, 0.15) is 62.0 Å². The number of anilines is 2. The van der Waals surface area contributed by atoms with Crippen LogP contribution in [0.5, 0.6) is 0 Å². The minimum absolute atomic E-state index is 0.974. The quantitative estimate of drug-likeness (QED) is 0.0288. The zero-order valence-corrected chi connectivity index (χ0v) is 36.6. The Morgan fingerprint density at radius 3 is 1.49 bits per heavy atom. The molecule has 0 aliphatic carbocycles. The summed E-state index contributed by atoms with van der Waals surface area (Å²) in [5.41, 5.74) is 7.48. The van der Waals surface area contributed by atoms with Gasteiger partial charge in [0.15, 0.2) is 12.4 Å². The van der Waals surface area contributed by atoms with Crippen LogP contribution >= 0.6 is 21.6 Å². The summed E-state index contributed by atoms with van der Waals surface area (Å²) in [5, 5.41) is 0. The number of pyridine rings is 2. The predicted octanol–water partition coefficient (Wildman–Crippen LogP) is 9.16. The Balaban J connectivity index is 1.000. The molecule has 2 heterocycles. The Morgan fingerprint density at radius 2 is 0.982 bits per heavy atom. The lowest BCUT2D eigenvalue weighted by atomic mass is 10.1. The summed E-state index contributed by atoms with van der Waals surface area (Å²) in [7, 11) is 15.6. The van der Waals surface area contributed by atoms with Crippen LogP contribution < -0.4 is 18.9 Å². The van der Waals surface area contributed by atoms with Gasteiger partial charge in [0.25, 0.3) is 0 Å². The van der Waals surface area contributed by atoms with Crippen LogP contribution in [0.4, 0.5) is 11.4 Å². The van der Waals surface area contributed by atoms with Crippen LogP contribution in [0.15, 0.2) is 97.3 Å². The summed E-state index contributed by atoms with van der Waals surface area (Å²) < 4.78 is 5.61. The minimum atomic E-state index is 0.974. The van der Waals surface area contributed by atoms with Gasteiger partial charge in [0, 0.05) is 99.3 Å². The highest BCUT2D eigenvalue weighted by Gasteiger charge is 2.15. The number of hydrogen-bond donors (Lipinski definition) is 0. The van der Waals surface area contributed by atoms with Crippen molar-refractivity contribution in [3.05, 3.63) is 120 Å². The number of rotatable bonds is 25. The molecule has 0 unspecified atom stereocenters. The second-order valence-corrected chi connectivity index (χ2v) is 18.0. The number of nitrogens with zero attached hydrogens (tertiary/aromatic N) is 6. The normalized spacial score (nSPS) is 12.0. The van der Waals surface area contributed by atoms with Crippen LogP contribution in [-0.4, -0.2) is 95.4 Å². The van der Waals surface area contributed by atoms with Gasteiger partial charge in [-0.2, -0.15) is 9.13 Å². The highest BCUT2D eigenvalue weighted by atomic mass is 33.1. The van der Waals surface area contributed by atoms with Crippen molar-refractivity contribution < 1.29 is 13.6 Å². The molecule has 0 amide bonds. The Labute approximate surface area is 342 Å². The maximum atomic E-state index is 2.50. The number of hydrogen-bond acceptors (Lipinski definition) is 5. The summed E-state index contributed by atoms with van der Waals surface area (Å²) in [6.45, 7) is 13.2. The number of quaternary nitrogens is 1. The zero-order valence-electron chi connectivity index (χ0n) is 34.9. The van der Waals surface area contributed by atoms with E-state index in [0.29, 0.717) is 0 Å². The Bertz CT molecular complexity index is 1720. The first-order chi connectivity index (χ1) is 26.7. The first-order valence-corrected chi connectivity index (χ1v) is 22.9. The van der Waals surface area contributed by atoms with E-state index in [9.17, 15) is 0 Å². The summed E-state index contributed by atoms with van der Waals surface area (Å²) in [5.74, 6) is 2.47. The third kappa shape index (κ3) is 16.2. The first-order valence-electron chi connectivity index (χ1n) is 20.4. The van der Waals surface area contributed by atoms with Gasteiger partial charge in [-0.3, -0.25) is 0 Å². The van der Waals surface area contributed by atoms with Gasteiger partial charge >= 0.3 is 0 Å². The summed E-state index contributed by atoms with van der Waals surface area (Å²) in [6.07, 6.45) is 18.0. The average molecular weight is 782 g/mol. The van der Waals surface area contributed by atoms with Crippen LogP contribution in [-0.2, 0) is 13.1 Å². The molecule has 4 rings (SSSR count). The van der Waals surface area contributed by atoms with Crippen molar-refractivity contribution in [1.29, 1.82) is 0 Å². The number of benzene rings is 2. The fourth-order valence-corrected chi connectivity index (χ4v) is 8.90. The minimum Gasteiger partial charge on any atom is -0.375 e. The highest BCUT2D eigenvalue weighted by molar-refractivity contribution is 8.76. The summed E-state index contributed by atoms with van der Waals surface area (Å²) >= 11 is 0. The topological polar surface area (TPSA) is 17.5 Å². The standard InChI is InChI=1S/C47H69N6S2/c1-8-51-36-12-10-18-46(51)30-24-42-20-26-44(27-21-42)49(4)34-14-32-48(3)33-16-40-54-55-41-17-39-53(6,7)38-15-35-50(5)45-28-22-43(23-29-45)25-31-47-19-11-13-37-52(47)9-2/h10-13,18-31,36-37H,8-9,14-17,32-35,38-41H2,1-7H3/q+3. The third-order valence-electron chi connectivity index (χ3n) is 10.3. The van der Waals surface area contributed by atoms with Gasteiger partial charge in [-0.25, -0.2) is 0 Å². The smallest absolute Gasteiger partial charge is 0.205 e. The average Bonchev–Trinajstić information content (AvgIpc) is 3.20. The molecule has 55 heavy (non-hydrogen) atoms. The molecule has 0 aliphatic heterocycles. The fourth-order valence-electron chi connectivity index (χ4n) is 6.76. The molecule has 0 atom stereocenters. The van der Waals surface area contributed by atoms with Gasteiger partial charge in [-0.05, 0) is 107 Å². The number of aryl methyl sites for hydroxylation is 2. The van der Waals surface area contributed by atoms with E-state index < -0.39 is 0 Å². The van der Waals surface area contributed by atoms with E-state index in [4.69, 9.17) is 0 Å². The molecule has 0 spiro atoms. The van der Waals surface area contributed by atoms with E-state index in [1.165, 1.54) is 90.7 Å². The SMILES string of the molecule is CC[n+]1ccccc1C=Cc1ccc(N(C)CCCN(C)CCCSSCCC[N+](C)(C)CCCN(C)c2ccc(C=Cc3cccc[n+]3CC)cc2)cc1. The molecule has 0 saturated heterocycles. The van der Waals surface area contributed by atoms with Gasteiger partial charge in [0.2, 0.25) is 11.4 Å². The molecule has 2 aromatic heterocycles. The Kier molecular flexibility index (Phi) is 19.4. The Morgan fingerprint density at radius 1 is 0.527 bits per heavy atom. The Hall–Kier alpha value is -3.56. The van der Waals surface area contributed by atoms with E-state index in [1.54, 1.807) is 0 Å². The second-order valence-electron chi connectivity index (χ2n) is 15.3. The third-order valence-corrected chi connectivity index (χ3v) is 12.9. The molecule has 2 aromatic carbocycles. The predicted molar refractivity (Wildman–Crippen MR) is 245 cm³/mol. The van der Waals surface area contributed by atoms with Crippen LogP contribution in [0.25, 0.3) is 24.3 Å². The van der Waals surface area contributed by atoms with Crippen molar-refractivity contribution in [3.8, 4) is 0 Å². The molecule has 6 nitrogen and oxygen atoms in total. The molecule has 296 valence electrons. The van der Waals surface area contributed by atoms with Gasteiger partial charge < -0.3 is 19.2 Å². The lowest BCUT2D eigenvalue weighted by Gasteiger charge is -2.31. The number of aromatic nitrogens is 2. The van der Waals surface area contributed by atoms with Crippen LogP contribution in [0.3, 0.4) is 0 Å². The maximum absolute atomic E-state index is 2.50. The van der Waals surface area contributed by atoms with E-state index in [2.05, 4.69) is 216 Å². The van der Waals surface area contributed by atoms with E-state index in [0.717, 1.165) is 37.2 Å². The van der Waals surface area contributed by atoms with Gasteiger partial charge in [0.1, 0.15) is 13.1 Å². The van der Waals surface area contributed by atoms with Gasteiger partial charge in [-0.15, -0.1) is 0 Å². The molecule has 0 radical (unpaired) electrons. The lowest BCUT2D eigenvalue weighted by molar-refractivity contribution is -0.890. The summed E-state index contributed by atoms with van der Waals surface area (Å²) in [6, 6.07) is 30.6.